The number of nitrogens with one attached hydrogen (secondary N) is 2. The number of aryl methyl sites for hydroxylation is 1. The van der Waals surface area contributed by atoms with Crippen LogP contribution in [0.4, 0.5) is 11.6 Å². The predicted molar refractivity (Wildman–Crippen MR) is 87.3 cm³/mol. The summed E-state index contributed by atoms with van der Waals surface area (Å²) in [4.78, 5) is 4.36. The van der Waals surface area contributed by atoms with Crippen molar-refractivity contribution in [3.05, 3.63) is 29.5 Å². The number of aromatic nitrogens is 6. The fourth-order valence-corrected chi connectivity index (χ4v) is 2.76. The number of hydrogen-bond acceptors (Lipinski definition) is 7. The van der Waals surface area contributed by atoms with Gasteiger partial charge in [-0.2, -0.15) is 10.4 Å². The Balaban J connectivity index is 1.41. The first-order chi connectivity index (χ1) is 11.8. The highest BCUT2D eigenvalue weighted by molar-refractivity contribution is 5.62. The van der Waals surface area contributed by atoms with Crippen LogP contribution in [0.5, 0.6) is 0 Å². The van der Waals surface area contributed by atoms with Gasteiger partial charge in [-0.25, -0.2) is 4.98 Å². The molecule has 0 unspecified atom stereocenters. The van der Waals surface area contributed by atoms with Crippen LogP contribution in [0.2, 0.25) is 0 Å². The van der Waals surface area contributed by atoms with E-state index in [0.29, 0.717) is 24.4 Å². The molecule has 9 heteroatoms. The first-order valence-corrected chi connectivity index (χ1v) is 7.94. The molecule has 3 aromatic heterocycles. The summed E-state index contributed by atoms with van der Waals surface area (Å²) in [5.74, 6) is 2.53. The molecule has 1 fully saturated rings. The minimum Gasteiger partial charge on any atom is -0.381 e. The van der Waals surface area contributed by atoms with Crippen molar-refractivity contribution in [1.82, 2.24) is 29.8 Å². The number of aromatic amines is 1. The predicted octanol–water partition coefficient (Wildman–Crippen LogP) is 1.22. The number of anilines is 2. The number of fused-ring (bicyclic) bond motifs is 1. The molecule has 0 amide bonds. The number of nitrogens with zero attached hydrogens (tertiary/aromatic N) is 6. The molecular formula is C15H17N9. The molecule has 0 saturated heterocycles. The van der Waals surface area contributed by atoms with E-state index in [1.807, 2.05) is 10.6 Å². The van der Waals surface area contributed by atoms with Crippen molar-refractivity contribution < 1.29 is 0 Å². The Hall–Kier alpha value is -3.15. The Morgan fingerprint density at radius 3 is 3.08 bits per heavy atom. The third-order valence-electron chi connectivity index (χ3n) is 4.17. The number of H-pyrrole nitrogens is 1. The van der Waals surface area contributed by atoms with E-state index in [4.69, 9.17) is 11.0 Å². The van der Waals surface area contributed by atoms with Crippen LogP contribution in [0.3, 0.4) is 0 Å². The normalized spacial score (nSPS) is 14.0. The molecule has 0 aromatic carbocycles. The largest absolute Gasteiger partial charge is 0.381 e. The molecule has 4 N–H and O–H groups in total. The van der Waals surface area contributed by atoms with Gasteiger partial charge in [-0.1, -0.05) is 0 Å². The maximum atomic E-state index is 9.06. The fraction of sp³-hybridized carbons (Fsp3) is 0.400. The van der Waals surface area contributed by atoms with Crippen molar-refractivity contribution in [1.29, 1.82) is 5.26 Å². The van der Waals surface area contributed by atoms with Gasteiger partial charge in [0.15, 0.2) is 11.6 Å². The molecule has 3 aromatic rings. The van der Waals surface area contributed by atoms with E-state index < -0.39 is 0 Å². The first kappa shape index (κ1) is 14.4. The van der Waals surface area contributed by atoms with E-state index in [1.54, 1.807) is 6.20 Å². The van der Waals surface area contributed by atoms with E-state index in [1.165, 1.54) is 12.8 Å². The van der Waals surface area contributed by atoms with Crippen LogP contribution in [0, 0.1) is 11.3 Å². The molecule has 1 aliphatic carbocycles. The molecule has 1 aliphatic rings. The lowest BCUT2D eigenvalue weighted by Crippen LogP contribution is -2.07. The van der Waals surface area contributed by atoms with Crippen molar-refractivity contribution in [3.63, 3.8) is 0 Å². The van der Waals surface area contributed by atoms with Gasteiger partial charge in [0.05, 0.1) is 5.69 Å². The van der Waals surface area contributed by atoms with E-state index in [2.05, 4.69) is 36.8 Å². The Kier molecular flexibility index (Phi) is 3.49. The van der Waals surface area contributed by atoms with Gasteiger partial charge in [0, 0.05) is 24.9 Å². The average molecular weight is 323 g/mol. The van der Waals surface area contributed by atoms with E-state index in [0.717, 1.165) is 29.4 Å². The summed E-state index contributed by atoms with van der Waals surface area (Å²) in [5.41, 5.74) is 7.58. The van der Waals surface area contributed by atoms with Gasteiger partial charge in [0.1, 0.15) is 17.5 Å². The Morgan fingerprint density at radius 1 is 1.42 bits per heavy atom. The van der Waals surface area contributed by atoms with Crippen LogP contribution >= 0.6 is 0 Å². The fourth-order valence-electron chi connectivity index (χ4n) is 2.76. The van der Waals surface area contributed by atoms with E-state index in [-0.39, 0.29) is 5.82 Å². The zero-order valence-corrected chi connectivity index (χ0v) is 13.0. The van der Waals surface area contributed by atoms with Gasteiger partial charge in [0.2, 0.25) is 5.65 Å². The lowest BCUT2D eigenvalue weighted by Gasteiger charge is -2.06. The topological polar surface area (TPSA) is 134 Å². The maximum absolute atomic E-state index is 9.06. The van der Waals surface area contributed by atoms with Crippen LogP contribution < -0.4 is 11.1 Å². The lowest BCUT2D eigenvalue weighted by atomic mass is 10.1. The highest BCUT2D eigenvalue weighted by Gasteiger charge is 2.29. The quantitative estimate of drug-likeness (QED) is 0.581. The van der Waals surface area contributed by atoms with Gasteiger partial charge < -0.3 is 11.1 Å². The molecular weight excluding hydrogens is 306 g/mol. The molecule has 9 nitrogen and oxygen atoms in total. The average Bonchev–Trinajstić information content (AvgIpc) is 3.24. The summed E-state index contributed by atoms with van der Waals surface area (Å²) in [6.45, 7) is 0.697. The molecule has 0 spiro atoms. The molecule has 0 radical (unpaired) electrons. The number of hydrogen-bond donors (Lipinski definition) is 3. The summed E-state index contributed by atoms with van der Waals surface area (Å²) >= 11 is 0. The zero-order chi connectivity index (χ0) is 16.5. The Morgan fingerprint density at radius 2 is 2.29 bits per heavy atom. The summed E-state index contributed by atoms with van der Waals surface area (Å²) in [6, 6.07) is 2.07. The molecule has 0 atom stereocenters. The van der Waals surface area contributed by atoms with E-state index >= 15 is 0 Å². The third kappa shape index (κ3) is 2.52. The lowest BCUT2D eigenvalue weighted by molar-refractivity contribution is 0.822. The smallest absolute Gasteiger partial charge is 0.203 e. The van der Waals surface area contributed by atoms with Crippen LogP contribution in [0.15, 0.2) is 12.4 Å². The number of nitriles is 1. The molecule has 0 bridgehead atoms. The van der Waals surface area contributed by atoms with Crippen LogP contribution in [-0.4, -0.2) is 36.3 Å². The number of rotatable bonds is 6. The summed E-state index contributed by atoms with van der Waals surface area (Å²) in [7, 11) is 0. The zero-order valence-electron chi connectivity index (χ0n) is 13.0. The van der Waals surface area contributed by atoms with E-state index in [9.17, 15) is 0 Å². The Labute approximate surface area is 137 Å². The minimum absolute atomic E-state index is 0.253. The standard InChI is InChI=1S/C15H17N9/c16-8-10-11(20-21-12(10)17)2-1-5-18-13-15-23-22-14(9-3-4-9)24(15)7-6-19-13/h6-7,9H,1-5H2,(H,18,19)(H3,17,20,21). The second-order valence-electron chi connectivity index (χ2n) is 5.91. The van der Waals surface area contributed by atoms with Crippen molar-refractivity contribution >= 4 is 17.3 Å². The van der Waals surface area contributed by atoms with Crippen LogP contribution in [-0.2, 0) is 6.42 Å². The first-order valence-electron chi connectivity index (χ1n) is 7.94. The van der Waals surface area contributed by atoms with Crippen LogP contribution in [0.1, 0.15) is 42.3 Å². The highest BCUT2D eigenvalue weighted by Crippen LogP contribution is 2.39. The van der Waals surface area contributed by atoms with Gasteiger partial charge in [-0.05, 0) is 25.7 Å². The molecule has 24 heavy (non-hydrogen) atoms. The second kappa shape index (κ2) is 5.81. The summed E-state index contributed by atoms with van der Waals surface area (Å²) in [5, 5.41) is 27.6. The maximum Gasteiger partial charge on any atom is 0.203 e. The van der Waals surface area contributed by atoms with Gasteiger partial charge in [-0.3, -0.25) is 9.50 Å². The molecule has 4 rings (SSSR count). The third-order valence-corrected chi connectivity index (χ3v) is 4.17. The number of nitrogens with two attached hydrogens (primary N) is 1. The van der Waals surface area contributed by atoms with Crippen molar-refractivity contribution in [2.24, 2.45) is 0 Å². The number of nitrogen functional groups attached to an aromatic ring is 1. The molecule has 3 heterocycles. The van der Waals surface area contributed by atoms with Crippen molar-refractivity contribution in [2.75, 3.05) is 17.6 Å². The Bertz CT molecular complexity index is 913. The van der Waals surface area contributed by atoms with Gasteiger partial charge >= 0.3 is 0 Å². The van der Waals surface area contributed by atoms with Gasteiger partial charge in [0.25, 0.3) is 0 Å². The van der Waals surface area contributed by atoms with Crippen molar-refractivity contribution in [2.45, 2.75) is 31.6 Å². The van der Waals surface area contributed by atoms with Crippen molar-refractivity contribution in [3.8, 4) is 6.07 Å². The summed E-state index contributed by atoms with van der Waals surface area (Å²) < 4.78 is 2.01. The van der Waals surface area contributed by atoms with Gasteiger partial charge in [-0.15, -0.1) is 10.2 Å². The van der Waals surface area contributed by atoms with Crippen LogP contribution in [0.25, 0.3) is 5.65 Å². The highest BCUT2D eigenvalue weighted by atomic mass is 15.3. The molecule has 122 valence electrons. The molecule has 1 saturated carbocycles. The summed E-state index contributed by atoms with van der Waals surface area (Å²) in [6.07, 6.45) is 7.52. The molecule has 0 aliphatic heterocycles. The second-order valence-corrected chi connectivity index (χ2v) is 5.91. The SMILES string of the molecule is N#Cc1c(N)n[nH]c1CCCNc1nccn2c(C3CC3)nnc12. The minimum atomic E-state index is 0.253. The monoisotopic (exact) mass is 323 g/mol.